The van der Waals surface area contributed by atoms with Gasteiger partial charge in [0.05, 0.1) is 10.3 Å². The van der Waals surface area contributed by atoms with E-state index in [1.807, 2.05) is 0 Å². The SMILES string of the molecule is CS(#N)=NN=NN. The Bertz CT molecular complexity index is 171. The van der Waals surface area contributed by atoms with E-state index >= 15 is 0 Å². The topological polar surface area (TPSA) is 86.9 Å². The van der Waals surface area contributed by atoms with Gasteiger partial charge in [0, 0.05) is 6.26 Å². The summed E-state index contributed by atoms with van der Waals surface area (Å²) >= 11 is 0. The molecule has 0 aliphatic carbocycles. The minimum atomic E-state index is -1.03. The summed E-state index contributed by atoms with van der Waals surface area (Å²) in [6, 6.07) is 0. The molecule has 0 aliphatic rings. The quantitative estimate of drug-likeness (QED) is 0.302. The first-order valence-electron chi connectivity index (χ1n) is 1.43. The molecule has 0 aromatic heterocycles. The van der Waals surface area contributed by atoms with E-state index in [4.69, 9.17) is 4.61 Å². The first-order valence-corrected chi connectivity index (χ1v) is 2.98. The summed E-state index contributed by atoms with van der Waals surface area (Å²) in [5.41, 5.74) is 0. The van der Waals surface area contributed by atoms with E-state index in [0.29, 0.717) is 0 Å². The van der Waals surface area contributed by atoms with Gasteiger partial charge in [-0.3, -0.25) is 0 Å². The smallest absolute Gasteiger partial charge is 0.0663 e. The van der Waals surface area contributed by atoms with Crippen molar-refractivity contribution in [2.24, 2.45) is 20.8 Å². The molecule has 0 saturated carbocycles. The third-order valence-electron chi connectivity index (χ3n) is 0.206. The molecule has 0 unspecified atom stereocenters. The first-order chi connectivity index (χ1) is 3.27. The van der Waals surface area contributed by atoms with Gasteiger partial charge in [-0.05, 0) is 5.22 Å². The molecule has 2 N–H and O–H groups in total. The lowest BCUT2D eigenvalue weighted by Crippen LogP contribution is -1.71. The molecule has 0 rings (SSSR count). The fourth-order valence-electron chi connectivity index (χ4n) is 0.0739. The number of rotatable bonds is 1. The zero-order valence-electron chi connectivity index (χ0n) is 3.77. The first kappa shape index (κ1) is 6.13. The zero-order chi connectivity index (χ0) is 5.70. The Kier molecular flexibility index (Phi) is 2.91. The van der Waals surface area contributed by atoms with E-state index in [2.05, 4.69) is 20.8 Å². The fourth-order valence-corrected chi connectivity index (χ4v) is 0.222. The maximum Gasteiger partial charge on any atom is 0.0663 e. The Labute approximate surface area is 42.9 Å². The normalized spacial score (nSPS) is 12.9. The molecule has 0 spiro atoms. The Morgan fingerprint density at radius 1 is 1.71 bits per heavy atom. The Balaban J connectivity index is 3.80. The van der Waals surface area contributed by atoms with Crippen LogP contribution in [0.2, 0.25) is 0 Å². The summed E-state index contributed by atoms with van der Waals surface area (Å²) in [7, 11) is -1.03. The van der Waals surface area contributed by atoms with E-state index in [1.165, 1.54) is 6.26 Å². The van der Waals surface area contributed by atoms with Gasteiger partial charge in [-0.15, -0.1) is 0 Å². The number of nitrogens with two attached hydrogens (primary N) is 1. The third kappa shape index (κ3) is 5.13. The van der Waals surface area contributed by atoms with Crippen LogP contribution in [0.1, 0.15) is 0 Å². The molecule has 40 valence electrons. The zero-order valence-corrected chi connectivity index (χ0v) is 4.59. The van der Waals surface area contributed by atoms with Crippen LogP contribution in [-0.4, -0.2) is 6.26 Å². The van der Waals surface area contributed by atoms with E-state index in [-0.39, 0.29) is 0 Å². The van der Waals surface area contributed by atoms with E-state index in [0.717, 1.165) is 0 Å². The van der Waals surface area contributed by atoms with Gasteiger partial charge in [-0.25, -0.2) is 0 Å². The van der Waals surface area contributed by atoms with Crippen LogP contribution in [0.15, 0.2) is 14.9 Å². The lowest BCUT2D eigenvalue weighted by atomic mass is 12.0. The van der Waals surface area contributed by atoms with Crippen LogP contribution in [0.5, 0.6) is 0 Å². The van der Waals surface area contributed by atoms with Crippen molar-refractivity contribution in [2.45, 2.75) is 0 Å². The maximum absolute atomic E-state index is 8.34. The van der Waals surface area contributed by atoms with Gasteiger partial charge in [-0.1, -0.05) is 9.69 Å². The summed E-state index contributed by atoms with van der Waals surface area (Å²) in [5, 5.41) is 5.74. The van der Waals surface area contributed by atoms with Crippen molar-refractivity contribution in [1.82, 2.24) is 0 Å². The minimum absolute atomic E-state index is 1.03. The summed E-state index contributed by atoms with van der Waals surface area (Å²) < 4.78 is 11.5. The molecular formula is CH5N5S. The molecule has 0 radical (unpaired) electrons. The summed E-state index contributed by atoms with van der Waals surface area (Å²) in [5.74, 6) is 4.53. The van der Waals surface area contributed by atoms with Gasteiger partial charge >= 0.3 is 0 Å². The van der Waals surface area contributed by atoms with Crippen LogP contribution in [0.3, 0.4) is 0 Å². The molecule has 0 bridgehead atoms. The molecule has 0 fully saturated rings. The largest absolute Gasteiger partial charge is 0.303 e. The second kappa shape index (κ2) is 3.32. The molecule has 0 aromatic carbocycles. The number of nitrogens with zero attached hydrogens (tertiary/aromatic N) is 4. The van der Waals surface area contributed by atoms with Crippen molar-refractivity contribution in [3.8, 4) is 0 Å². The minimum Gasteiger partial charge on any atom is -0.303 e. The van der Waals surface area contributed by atoms with Crippen LogP contribution in [0, 0.1) is 4.61 Å². The second-order valence-corrected chi connectivity index (χ2v) is 1.79. The molecular weight excluding hydrogens is 114 g/mol. The van der Waals surface area contributed by atoms with Crippen LogP contribution < -0.4 is 5.84 Å². The molecule has 0 atom stereocenters. The Morgan fingerprint density at radius 3 is 2.43 bits per heavy atom. The molecule has 7 heavy (non-hydrogen) atoms. The predicted molar refractivity (Wildman–Crippen MR) is 26.5 cm³/mol. The highest BCUT2D eigenvalue weighted by Gasteiger charge is 1.58. The summed E-state index contributed by atoms with van der Waals surface area (Å²) in [6.45, 7) is 0. The van der Waals surface area contributed by atoms with Gasteiger partial charge in [0.25, 0.3) is 0 Å². The monoisotopic (exact) mass is 119 g/mol. The van der Waals surface area contributed by atoms with Gasteiger partial charge < -0.3 is 5.84 Å². The van der Waals surface area contributed by atoms with E-state index < -0.39 is 10.3 Å². The van der Waals surface area contributed by atoms with Gasteiger partial charge in [-0.2, -0.15) is 4.61 Å². The van der Waals surface area contributed by atoms with Crippen molar-refractivity contribution in [2.75, 3.05) is 6.26 Å². The van der Waals surface area contributed by atoms with Crippen LogP contribution in [0.4, 0.5) is 0 Å². The molecule has 0 saturated heterocycles. The molecule has 0 aliphatic heterocycles. The van der Waals surface area contributed by atoms with Crippen molar-refractivity contribution in [3.63, 3.8) is 0 Å². The second-order valence-electron chi connectivity index (χ2n) is 0.733. The molecule has 5 nitrogen and oxygen atoms in total. The molecule has 0 heterocycles. The maximum atomic E-state index is 8.34. The average Bonchev–Trinajstić information content (AvgIpc) is 1.61. The average molecular weight is 119 g/mol. The van der Waals surface area contributed by atoms with E-state index in [9.17, 15) is 0 Å². The lowest BCUT2D eigenvalue weighted by Gasteiger charge is -1.63. The fraction of sp³-hybridized carbons (Fsp3) is 1.00. The Morgan fingerprint density at radius 2 is 2.29 bits per heavy atom. The van der Waals surface area contributed by atoms with Crippen molar-refractivity contribution in [3.05, 3.63) is 0 Å². The highest BCUT2D eigenvalue weighted by atomic mass is 32.2. The Hall–Kier alpha value is -0.870. The van der Waals surface area contributed by atoms with Crippen molar-refractivity contribution in [1.29, 1.82) is 4.61 Å². The van der Waals surface area contributed by atoms with Crippen molar-refractivity contribution < 1.29 is 0 Å². The van der Waals surface area contributed by atoms with Crippen molar-refractivity contribution >= 4 is 10.3 Å². The molecule has 0 amide bonds. The van der Waals surface area contributed by atoms with Crippen LogP contribution >= 0.6 is 0 Å². The van der Waals surface area contributed by atoms with Gasteiger partial charge in [0.1, 0.15) is 0 Å². The molecule has 6 heteroatoms. The van der Waals surface area contributed by atoms with E-state index in [1.54, 1.807) is 0 Å². The standard InChI is InChI=1S/CH5N5S/c1-7(3)6-5-4-2/h1H3,(H2,2,5). The van der Waals surface area contributed by atoms with Gasteiger partial charge in [0.15, 0.2) is 0 Å². The molecule has 0 aromatic rings. The summed E-state index contributed by atoms with van der Waals surface area (Å²) in [6.07, 6.45) is 1.48. The summed E-state index contributed by atoms with van der Waals surface area (Å²) in [4.78, 5) is 0. The van der Waals surface area contributed by atoms with Gasteiger partial charge in [0.2, 0.25) is 0 Å². The lowest BCUT2D eigenvalue weighted by molar-refractivity contribution is 0.969. The highest BCUT2D eigenvalue weighted by molar-refractivity contribution is 7.72. The number of hydrogen-bond acceptors (Lipinski definition) is 2. The predicted octanol–water partition coefficient (Wildman–Crippen LogP) is 0.138. The highest BCUT2D eigenvalue weighted by Crippen LogP contribution is 1.68. The van der Waals surface area contributed by atoms with Crippen LogP contribution in [0.25, 0.3) is 0 Å². The number of hydrogen-bond donors (Lipinski definition) is 1. The third-order valence-corrected chi connectivity index (χ3v) is 0.516. The van der Waals surface area contributed by atoms with Crippen LogP contribution in [-0.2, 0) is 10.3 Å².